The molecule has 1 N–H and O–H groups in total. The second-order valence-electron chi connectivity index (χ2n) is 8.92. The predicted octanol–water partition coefficient (Wildman–Crippen LogP) is 4.72. The number of methoxy groups -OCH3 is 3. The largest absolute Gasteiger partial charge is 0.507 e. The number of hydrogen-bond donors (Lipinski definition) is 1. The van der Waals surface area contributed by atoms with Gasteiger partial charge in [0.15, 0.2) is 11.5 Å². The smallest absolute Gasteiger partial charge is 0.295 e. The Morgan fingerprint density at radius 1 is 1.08 bits per heavy atom. The first-order valence-corrected chi connectivity index (χ1v) is 12.6. The first kappa shape index (κ1) is 24.7. The van der Waals surface area contributed by atoms with Crippen molar-refractivity contribution in [3.8, 4) is 23.0 Å². The van der Waals surface area contributed by atoms with E-state index in [4.69, 9.17) is 18.9 Å². The van der Waals surface area contributed by atoms with Gasteiger partial charge in [0.1, 0.15) is 17.6 Å². The molecule has 8 nitrogen and oxygen atoms in total. The van der Waals surface area contributed by atoms with Crippen molar-refractivity contribution >= 4 is 28.8 Å². The molecular formula is C28H27NO7S. The maximum atomic E-state index is 13.4. The first-order valence-electron chi connectivity index (χ1n) is 11.8. The minimum atomic E-state index is -0.876. The van der Waals surface area contributed by atoms with E-state index in [2.05, 4.69) is 0 Å². The van der Waals surface area contributed by atoms with Gasteiger partial charge in [-0.1, -0.05) is 6.07 Å². The van der Waals surface area contributed by atoms with Crippen molar-refractivity contribution in [2.75, 3.05) is 21.3 Å². The van der Waals surface area contributed by atoms with Gasteiger partial charge in [-0.2, -0.15) is 0 Å². The van der Waals surface area contributed by atoms with Crippen molar-refractivity contribution in [2.45, 2.75) is 32.0 Å². The number of carbonyl (C=O) groups excluding carboxylic acids is 2. The van der Waals surface area contributed by atoms with Gasteiger partial charge in [-0.15, -0.1) is 11.3 Å². The summed E-state index contributed by atoms with van der Waals surface area (Å²) in [5.74, 6) is 0.211. The molecule has 2 unspecified atom stereocenters. The van der Waals surface area contributed by atoms with Crippen LogP contribution in [-0.2, 0) is 22.6 Å². The molecule has 0 radical (unpaired) electrons. The van der Waals surface area contributed by atoms with E-state index in [1.807, 2.05) is 30.5 Å². The van der Waals surface area contributed by atoms with Crippen LogP contribution in [-0.4, -0.2) is 49.1 Å². The molecule has 2 aromatic carbocycles. The molecule has 0 aliphatic carbocycles. The predicted molar refractivity (Wildman–Crippen MR) is 138 cm³/mol. The normalized spacial score (nSPS) is 20.1. The number of likely N-dealkylation sites (tertiary alicyclic amines) is 1. The molecule has 1 aromatic heterocycles. The lowest BCUT2D eigenvalue weighted by Gasteiger charge is -2.26. The summed E-state index contributed by atoms with van der Waals surface area (Å²) in [5.41, 5.74) is 1.93. The van der Waals surface area contributed by atoms with E-state index in [0.29, 0.717) is 34.8 Å². The van der Waals surface area contributed by atoms with E-state index in [1.165, 1.54) is 37.6 Å². The zero-order valence-corrected chi connectivity index (χ0v) is 21.8. The number of benzene rings is 2. The minimum absolute atomic E-state index is 0.00254. The number of hydrogen-bond acceptors (Lipinski definition) is 8. The highest BCUT2D eigenvalue weighted by atomic mass is 32.1. The number of fused-ring (bicyclic) bond motifs is 1. The van der Waals surface area contributed by atoms with Gasteiger partial charge in [0.25, 0.3) is 11.7 Å². The Hall–Kier alpha value is -3.98. The van der Waals surface area contributed by atoms with Crippen LogP contribution in [0.5, 0.6) is 23.0 Å². The van der Waals surface area contributed by atoms with Gasteiger partial charge in [0, 0.05) is 16.9 Å². The summed E-state index contributed by atoms with van der Waals surface area (Å²) in [6.45, 7) is 2.18. The van der Waals surface area contributed by atoms with Gasteiger partial charge in [-0.05, 0) is 59.8 Å². The molecule has 2 aliphatic heterocycles. The number of ether oxygens (including phenoxy) is 4. The Kier molecular flexibility index (Phi) is 6.55. The Bertz CT molecular complexity index is 1370. The summed E-state index contributed by atoms with van der Waals surface area (Å²) < 4.78 is 22.3. The molecule has 1 fully saturated rings. The van der Waals surface area contributed by atoms with E-state index < -0.39 is 17.7 Å². The average molecular weight is 522 g/mol. The second kappa shape index (κ2) is 9.82. The highest BCUT2D eigenvalue weighted by Gasteiger charge is 2.46. The maximum Gasteiger partial charge on any atom is 0.295 e. The molecule has 192 valence electrons. The van der Waals surface area contributed by atoms with E-state index in [1.54, 1.807) is 24.3 Å². The molecule has 2 atom stereocenters. The highest BCUT2D eigenvalue weighted by molar-refractivity contribution is 7.09. The summed E-state index contributed by atoms with van der Waals surface area (Å²) in [7, 11) is 4.50. The molecule has 0 saturated carbocycles. The number of aliphatic hydroxyl groups is 1. The third-order valence-electron chi connectivity index (χ3n) is 6.62. The van der Waals surface area contributed by atoms with Crippen LogP contribution in [0.15, 0.2) is 53.4 Å². The van der Waals surface area contributed by atoms with Crippen LogP contribution < -0.4 is 18.9 Å². The summed E-state index contributed by atoms with van der Waals surface area (Å²) in [6.07, 6.45) is 0.724. The Balaban J connectivity index is 1.69. The standard InChI is InChI=1S/C28H27NO7S/c1-15-10-17-11-16(7-8-20(17)36-15)25(30)23-24(18-12-21(33-2)27(35-4)22(13-18)34-3)29(28(32)26(23)31)14-19-6-5-9-37-19/h5-9,11-13,15,24,30H,10,14H2,1-4H3/b25-23+. The number of amides is 1. The zero-order chi connectivity index (χ0) is 26.3. The van der Waals surface area contributed by atoms with Gasteiger partial charge in [0.05, 0.1) is 39.5 Å². The molecular weight excluding hydrogens is 494 g/mol. The third-order valence-corrected chi connectivity index (χ3v) is 7.48. The number of Topliss-reactive ketones (excluding diaryl/α,β-unsaturated/α-hetero) is 1. The topological polar surface area (TPSA) is 94.5 Å². The van der Waals surface area contributed by atoms with Crippen LogP contribution in [0.25, 0.3) is 5.76 Å². The van der Waals surface area contributed by atoms with Crippen molar-refractivity contribution in [2.24, 2.45) is 0 Å². The maximum absolute atomic E-state index is 13.4. The monoisotopic (exact) mass is 521 g/mol. The van der Waals surface area contributed by atoms with Gasteiger partial charge in [-0.25, -0.2) is 0 Å². The van der Waals surface area contributed by atoms with Crippen molar-refractivity contribution in [1.82, 2.24) is 4.90 Å². The van der Waals surface area contributed by atoms with E-state index in [9.17, 15) is 14.7 Å². The summed E-state index contributed by atoms with van der Waals surface area (Å²) in [6, 6.07) is 11.6. The number of thiophene rings is 1. The first-order chi connectivity index (χ1) is 17.9. The van der Waals surface area contributed by atoms with Gasteiger partial charge >= 0.3 is 0 Å². The van der Waals surface area contributed by atoms with E-state index in [-0.39, 0.29) is 24.0 Å². The highest BCUT2D eigenvalue weighted by Crippen LogP contribution is 2.46. The lowest BCUT2D eigenvalue weighted by atomic mass is 9.94. The molecule has 3 heterocycles. The van der Waals surface area contributed by atoms with Gasteiger partial charge in [0.2, 0.25) is 5.75 Å². The Labute approximate surface area is 218 Å². The van der Waals surface area contributed by atoms with Crippen LogP contribution in [0.1, 0.15) is 34.5 Å². The van der Waals surface area contributed by atoms with Gasteiger partial charge < -0.3 is 29.0 Å². The Morgan fingerprint density at radius 3 is 2.43 bits per heavy atom. The number of aliphatic hydroxyl groups excluding tert-OH is 1. The number of nitrogens with zero attached hydrogens (tertiary/aromatic N) is 1. The van der Waals surface area contributed by atoms with Crippen LogP contribution >= 0.6 is 11.3 Å². The fourth-order valence-electron chi connectivity index (χ4n) is 4.94. The fourth-order valence-corrected chi connectivity index (χ4v) is 5.65. The molecule has 3 aromatic rings. The number of ketones is 1. The minimum Gasteiger partial charge on any atom is -0.507 e. The summed E-state index contributed by atoms with van der Waals surface area (Å²) in [4.78, 5) is 29.2. The SMILES string of the molecule is COc1cc(C2/C(=C(\O)c3ccc4c(c3)CC(C)O4)C(=O)C(=O)N2Cc2cccs2)cc(OC)c1OC. The van der Waals surface area contributed by atoms with Crippen molar-refractivity contribution in [1.29, 1.82) is 0 Å². The van der Waals surface area contributed by atoms with Crippen LogP contribution in [0, 0.1) is 0 Å². The van der Waals surface area contributed by atoms with Crippen LogP contribution in [0.3, 0.4) is 0 Å². The molecule has 2 aliphatic rings. The fraction of sp³-hybridized carbons (Fsp3) is 0.286. The van der Waals surface area contributed by atoms with Crippen molar-refractivity contribution in [3.05, 3.63) is 75.0 Å². The van der Waals surface area contributed by atoms with Crippen molar-refractivity contribution in [3.63, 3.8) is 0 Å². The molecule has 1 saturated heterocycles. The van der Waals surface area contributed by atoms with E-state index in [0.717, 1.165) is 16.2 Å². The van der Waals surface area contributed by atoms with Crippen LogP contribution in [0.2, 0.25) is 0 Å². The lowest BCUT2D eigenvalue weighted by molar-refractivity contribution is -0.140. The molecule has 5 rings (SSSR count). The molecule has 1 amide bonds. The third kappa shape index (κ3) is 4.29. The lowest BCUT2D eigenvalue weighted by Crippen LogP contribution is -2.29. The van der Waals surface area contributed by atoms with E-state index >= 15 is 0 Å². The Morgan fingerprint density at radius 2 is 1.81 bits per heavy atom. The van der Waals surface area contributed by atoms with Crippen LogP contribution in [0.4, 0.5) is 0 Å². The molecule has 0 spiro atoms. The molecule has 9 heteroatoms. The summed E-state index contributed by atoms with van der Waals surface area (Å²) in [5, 5.41) is 13.4. The average Bonchev–Trinajstić information content (AvgIpc) is 3.61. The van der Waals surface area contributed by atoms with Gasteiger partial charge in [-0.3, -0.25) is 9.59 Å². The second-order valence-corrected chi connectivity index (χ2v) is 9.95. The van der Waals surface area contributed by atoms with Crippen molar-refractivity contribution < 1.29 is 33.6 Å². The quantitative estimate of drug-likeness (QED) is 0.273. The molecule has 0 bridgehead atoms. The molecule has 37 heavy (non-hydrogen) atoms. The zero-order valence-electron chi connectivity index (χ0n) is 20.9. The summed E-state index contributed by atoms with van der Waals surface area (Å²) >= 11 is 1.48. The number of rotatable bonds is 7. The number of carbonyl (C=O) groups is 2.